The van der Waals surface area contributed by atoms with Gasteiger partial charge in [0.15, 0.2) is 5.78 Å². The molecule has 78 valence electrons. The number of aromatic nitrogens is 2. The average Bonchev–Trinajstić information content (AvgIpc) is 2.61. The van der Waals surface area contributed by atoms with Crippen molar-refractivity contribution in [1.82, 2.24) is 14.7 Å². The topological polar surface area (TPSA) is 38.1 Å². The van der Waals surface area contributed by atoms with Crippen molar-refractivity contribution in [3.63, 3.8) is 0 Å². The van der Waals surface area contributed by atoms with Gasteiger partial charge in [-0.15, -0.1) is 0 Å². The zero-order chi connectivity index (χ0) is 10.6. The summed E-state index contributed by atoms with van der Waals surface area (Å²) in [6.45, 7) is 3.51. The highest BCUT2D eigenvalue weighted by molar-refractivity contribution is 5.94. The van der Waals surface area contributed by atoms with E-state index < -0.39 is 0 Å². The summed E-state index contributed by atoms with van der Waals surface area (Å²) in [4.78, 5) is 13.7. The summed E-state index contributed by atoms with van der Waals surface area (Å²) in [5, 5.41) is 4.07. The van der Waals surface area contributed by atoms with Crippen molar-refractivity contribution in [1.29, 1.82) is 0 Å². The highest BCUT2D eigenvalue weighted by Gasteiger charge is 2.10. The van der Waals surface area contributed by atoms with Gasteiger partial charge in [0, 0.05) is 25.7 Å². The quantitative estimate of drug-likeness (QED) is 0.659. The van der Waals surface area contributed by atoms with Crippen LogP contribution in [0.5, 0.6) is 0 Å². The fourth-order valence-electron chi connectivity index (χ4n) is 1.27. The van der Waals surface area contributed by atoms with Crippen LogP contribution in [-0.4, -0.2) is 41.1 Å². The van der Waals surface area contributed by atoms with Gasteiger partial charge < -0.3 is 4.90 Å². The first-order chi connectivity index (χ1) is 6.65. The average molecular weight is 195 g/mol. The molecule has 1 aromatic rings. The maximum atomic E-state index is 11.7. The maximum absolute atomic E-state index is 11.7. The van der Waals surface area contributed by atoms with Crippen LogP contribution in [0.25, 0.3) is 0 Å². The second-order valence-corrected chi connectivity index (χ2v) is 3.51. The van der Waals surface area contributed by atoms with Gasteiger partial charge >= 0.3 is 0 Å². The van der Waals surface area contributed by atoms with E-state index in [1.807, 2.05) is 25.9 Å². The maximum Gasteiger partial charge on any atom is 0.182 e. The van der Waals surface area contributed by atoms with Crippen LogP contribution in [0.1, 0.15) is 23.8 Å². The van der Waals surface area contributed by atoms with E-state index in [-0.39, 0.29) is 5.78 Å². The molecule has 0 spiro atoms. The van der Waals surface area contributed by atoms with Crippen LogP contribution in [0, 0.1) is 0 Å². The molecule has 0 aliphatic carbocycles. The van der Waals surface area contributed by atoms with Gasteiger partial charge in [0.25, 0.3) is 0 Å². The molecule has 0 fully saturated rings. The van der Waals surface area contributed by atoms with Crippen LogP contribution in [-0.2, 0) is 6.54 Å². The summed E-state index contributed by atoms with van der Waals surface area (Å²) in [7, 11) is 3.93. The molecule has 0 atom stereocenters. The SMILES string of the molecule is CCn1nccc1C(=O)CCN(C)C. The van der Waals surface area contributed by atoms with Gasteiger partial charge in [0.1, 0.15) is 5.69 Å². The van der Waals surface area contributed by atoms with Crippen molar-refractivity contribution >= 4 is 5.78 Å². The Kier molecular flexibility index (Phi) is 3.83. The minimum atomic E-state index is 0.165. The standard InChI is InChI=1S/C10H17N3O/c1-4-13-9(5-7-11-13)10(14)6-8-12(2)3/h5,7H,4,6,8H2,1-3H3. The number of hydrogen-bond donors (Lipinski definition) is 0. The van der Waals surface area contributed by atoms with Crippen LogP contribution in [0.15, 0.2) is 12.3 Å². The summed E-state index contributed by atoms with van der Waals surface area (Å²) in [6, 6.07) is 1.78. The molecular formula is C10H17N3O. The van der Waals surface area contributed by atoms with E-state index in [0.29, 0.717) is 12.1 Å². The van der Waals surface area contributed by atoms with Gasteiger partial charge in [-0.1, -0.05) is 0 Å². The summed E-state index contributed by atoms with van der Waals surface area (Å²) in [5.74, 6) is 0.165. The fourth-order valence-corrected chi connectivity index (χ4v) is 1.27. The molecule has 14 heavy (non-hydrogen) atoms. The fraction of sp³-hybridized carbons (Fsp3) is 0.600. The van der Waals surface area contributed by atoms with Crippen molar-refractivity contribution in [2.24, 2.45) is 0 Å². The zero-order valence-corrected chi connectivity index (χ0v) is 9.03. The largest absolute Gasteiger partial charge is 0.309 e. The first-order valence-corrected chi connectivity index (χ1v) is 4.85. The van der Waals surface area contributed by atoms with Crippen molar-refractivity contribution in [3.05, 3.63) is 18.0 Å². The highest BCUT2D eigenvalue weighted by Crippen LogP contribution is 2.03. The predicted octanol–water partition coefficient (Wildman–Crippen LogP) is 1.04. The molecule has 0 aliphatic rings. The Labute approximate surface area is 84.5 Å². The molecular weight excluding hydrogens is 178 g/mol. The first-order valence-electron chi connectivity index (χ1n) is 4.85. The Hall–Kier alpha value is -1.16. The minimum Gasteiger partial charge on any atom is -0.309 e. The van der Waals surface area contributed by atoms with E-state index in [0.717, 1.165) is 13.1 Å². The van der Waals surface area contributed by atoms with E-state index in [1.165, 1.54) is 0 Å². The molecule has 0 radical (unpaired) electrons. The van der Waals surface area contributed by atoms with Crippen LogP contribution in [0.2, 0.25) is 0 Å². The van der Waals surface area contributed by atoms with Gasteiger partial charge in [-0.2, -0.15) is 5.10 Å². The van der Waals surface area contributed by atoms with E-state index in [9.17, 15) is 4.79 Å². The molecule has 4 heteroatoms. The number of Topliss-reactive ketones (excluding diaryl/α,β-unsaturated/α-hetero) is 1. The molecule has 1 rings (SSSR count). The van der Waals surface area contributed by atoms with Gasteiger partial charge in [-0.25, -0.2) is 0 Å². The monoisotopic (exact) mass is 195 g/mol. The second-order valence-electron chi connectivity index (χ2n) is 3.51. The van der Waals surface area contributed by atoms with Crippen LogP contribution in [0.4, 0.5) is 0 Å². The number of nitrogens with zero attached hydrogens (tertiary/aromatic N) is 3. The third-order valence-electron chi connectivity index (χ3n) is 2.09. The van der Waals surface area contributed by atoms with Gasteiger partial charge in [0.2, 0.25) is 0 Å². The lowest BCUT2D eigenvalue weighted by Crippen LogP contribution is -2.18. The van der Waals surface area contributed by atoms with E-state index in [2.05, 4.69) is 5.10 Å². The number of carbonyl (C=O) groups excluding carboxylic acids is 1. The van der Waals surface area contributed by atoms with E-state index in [4.69, 9.17) is 0 Å². The van der Waals surface area contributed by atoms with Crippen LogP contribution < -0.4 is 0 Å². The van der Waals surface area contributed by atoms with Crippen molar-refractivity contribution in [3.8, 4) is 0 Å². The molecule has 0 saturated carbocycles. The van der Waals surface area contributed by atoms with E-state index in [1.54, 1.807) is 16.9 Å². The van der Waals surface area contributed by atoms with Crippen molar-refractivity contribution in [2.75, 3.05) is 20.6 Å². The molecule has 0 aliphatic heterocycles. The van der Waals surface area contributed by atoms with Gasteiger partial charge in [-0.05, 0) is 27.1 Å². The van der Waals surface area contributed by atoms with Crippen LogP contribution >= 0.6 is 0 Å². The Morgan fingerprint density at radius 3 is 2.86 bits per heavy atom. The molecule has 0 bridgehead atoms. The van der Waals surface area contributed by atoms with Crippen LogP contribution in [0.3, 0.4) is 0 Å². The number of carbonyl (C=O) groups is 1. The summed E-state index contributed by atoms with van der Waals surface area (Å²) >= 11 is 0. The lowest BCUT2D eigenvalue weighted by molar-refractivity contribution is 0.0962. The summed E-state index contributed by atoms with van der Waals surface area (Å²) in [6.07, 6.45) is 2.23. The number of hydrogen-bond acceptors (Lipinski definition) is 3. The zero-order valence-electron chi connectivity index (χ0n) is 9.03. The number of aryl methyl sites for hydroxylation is 1. The Morgan fingerprint density at radius 1 is 1.57 bits per heavy atom. The molecule has 0 amide bonds. The Bertz CT molecular complexity index is 304. The normalized spacial score (nSPS) is 10.9. The van der Waals surface area contributed by atoms with Gasteiger partial charge in [0.05, 0.1) is 0 Å². The minimum absolute atomic E-state index is 0.165. The lowest BCUT2D eigenvalue weighted by atomic mass is 10.2. The first kappa shape index (κ1) is 10.9. The Balaban J connectivity index is 2.60. The molecule has 0 saturated heterocycles. The molecule has 4 nitrogen and oxygen atoms in total. The summed E-state index contributed by atoms with van der Waals surface area (Å²) < 4.78 is 1.73. The third kappa shape index (κ3) is 2.67. The summed E-state index contributed by atoms with van der Waals surface area (Å²) in [5.41, 5.74) is 0.717. The highest BCUT2D eigenvalue weighted by atomic mass is 16.1. The molecule has 0 aromatic carbocycles. The number of ketones is 1. The van der Waals surface area contributed by atoms with Crippen molar-refractivity contribution in [2.45, 2.75) is 19.9 Å². The predicted molar refractivity (Wildman–Crippen MR) is 55.4 cm³/mol. The molecule has 0 unspecified atom stereocenters. The molecule has 0 N–H and O–H groups in total. The van der Waals surface area contributed by atoms with Crippen molar-refractivity contribution < 1.29 is 4.79 Å². The Morgan fingerprint density at radius 2 is 2.29 bits per heavy atom. The lowest BCUT2D eigenvalue weighted by Gasteiger charge is -2.08. The van der Waals surface area contributed by atoms with Gasteiger partial charge in [-0.3, -0.25) is 9.48 Å². The smallest absolute Gasteiger partial charge is 0.182 e. The number of rotatable bonds is 5. The second kappa shape index (κ2) is 4.91. The molecule has 1 aromatic heterocycles. The van der Waals surface area contributed by atoms with E-state index >= 15 is 0 Å². The third-order valence-corrected chi connectivity index (χ3v) is 2.09. The molecule has 1 heterocycles.